The van der Waals surface area contributed by atoms with Crippen LogP contribution in [0.15, 0.2) is 6.20 Å². The Morgan fingerprint density at radius 1 is 1.55 bits per heavy atom. The van der Waals surface area contributed by atoms with Crippen LogP contribution in [0.4, 0.5) is 0 Å². The Morgan fingerprint density at radius 3 is 2.27 bits per heavy atom. The summed E-state index contributed by atoms with van der Waals surface area (Å²) in [5, 5.41) is 0. The zero-order valence-electron chi connectivity index (χ0n) is 5.43. The second-order valence-corrected chi connectivity index (χ2v) is 1.94. The number of rotatable bonds is 1. The van der Waals surface area contributed by atoms with Gasteiger partial charge in [0.25, 0.3) is 0 Å². The SMILES string of the molecule is C.C.CC(=O)c1cnc(C)[nH]1. The molecule has 0 aliphatic rings. The average molecular weight is 156 g/mol. The van der Waals surface area contributed by atoms with E-state index in [0.29, 0.717) is 5.69 Å². The molecular formula is C8H16N2O. The molecule has 1 heterocycles. The van der Waals surface area contributed by atoms with Gasteiger partial charge in [0, 0.05) is 6.92 Å². The van der Waals surface area contributed by atoms with Gasteiger partial charge in [-0.3, -0.25) is 4.79 Å². The molecule has 3 nitrogen and oxygen atoms in total. The molecule has 0 bridgehead atoms. The summed E-state index contributed by atoms with van der Waals surface area (Å²) < 4.78 is 0. The normalized spacial score (nSPS) is 7.82. The summed E-state index contributed by atoms with van der Waals surface area (Å²) in [6.07, 6.45) is 1.54. The third-order valence-electron chi connectivity index (χ3n) is 1.08. The number of H-pyrrole nitrogens is 1. The minimum atomic E-state index is 0. The molecule has 0 radical (unpaired) electrons. The molecule has 3 heteroatoms. The molecular weight excluding hydrogens is 140 g/mol. The number of carbonyl (C=O) groups is 1. The zero-order chi connectivity index (χ0) is 6.85. The van der Waals surface area contributed by atoms with E-state index in [1.165, 1.54) is 13.1 Å². The lowest BCUT2D eigenvalue weighted by Crippen LogP contribution is -1.90. The van der Waals surface area contributed by atoms with E-state index in [1.807, 2.05) is 6.92 Å². The Balaban J connectivity index is 0. The minimum absolute atomic E-state index is 0. The molecule has 0 fully saturated rings. The van der Waals surface area contributed by atoms with Crippen LogP contribution in [0.25, 0.3) is 0 Å². The van der Waals surface area contributed by atoms with Crippen LogP contribution in [-0.2, 0) is 0 Å². The van der Waals surface area contributed by atoms with Crippen molar-refractivity contribution in [3.8, 4) is 0 Å². The number of ketones is 1. The van der Waals surface area contributed by atoms with E-state index < -0.39 is 0 Å². The number of aryl methyl sites for hydroxylation is 1. The van der Waals surface area contributed by atoms with Gasteiger partial charge in [-0.2, -0.15) is 0 Å². The minimum Gasteiger partial charge on any atom is -0.340 e. The van der Waals surface area contributed by atoms with Crippen LogP contribution in [0, 0.1) is 6.92 Å². The fourth-order valence-corrected chi connectivity index (χ4v) is 0.600. The summed E-state index contributed by atoms with van der Waals surface area (Å²) in [6.45, 7) is 3.32. The first-order valence-electron chi connectivity index (χ1n) is 2.72. The van der Waals surface area contributed by atoms with Crippen molar-refractivity contribution in [2.24, 2.45) is 0 Å². The number of nitrogens with zero attached hydrogens (tertiary/aromatic N) is 1. The highest BCUT2D eigenvalue weighted by Gasteiger charge is 1.99. The summed E-state index contributed by atoms with van der Waals surface area (Å²) >= 11 is 0. The number of hydrogen-bond acceptors (Lipinski definition) is 2. The molecule has 1 aromatic heterocycles. The third-order valence-corrected chi connectivity index (χ3v) is 1.08. The number of nitrogens with one attached hydrogen (secondary N) is 1. The van der Waals surface area contributed by atoms with Gasteiger partial charge in [-0.25, -0.2) is 4.98 Å². The molecule has 0 aliphatic carbocycles. The van der Waals surface area contributed by atoms with Crippen LogP contribution in [0.3, 0.4) is 0 Å². The van der Waals surface area contributed by atoms with Gasteiger partial charge in [-0.15, -0.1) is 0 Å². The number of aromatic nitrogens is 2. The van der Waals surface area contributed by atoms with Crippen molar-refractivity contribution in [1.29, 1.82) is 0 Å². The predicted molar refractivity (Wildman–Crippen MR) is 46.8 cm³/mol. The quantitative estimate of drug-likeness (QED) is 0.633. The van der Waals surface area contributed by atoms with Gasteiger partial charge < -0.3 is 4.98 Å². The van der Waals surface area contributed by atoms with Crippen molar-refractivity contribution in [3.05, 3.63) is 17.7 Å². The van der Waals surface area contributed by atoms with E-state index in [4.69, 9.17) is 0 Å². The highest BCUT2D eigenvalue weighted by atomic mass is 16.1. The first kappa shape index (κ1) is 12.5. The molecule has 0 spiro atoms. The fraction of sp³-hybridized carbons (Fsp3) is 0.500. The molecule has 0 unspecified atom stereocenters. The maximum absolute atomic E-state index is 10.6. The summed E-state index contributed by atoms with van der Waals surface area (Å²) in [5.74, 6) is 0.802. The lowest BCUT2D eigenvalue weighted by molar-refractivity contribution is 0.101. The lowest BCUT2D eigenvalue weighted by atomic mass is 10.3. The van der Waals surface area contributed by atoms with Crippen LogP contribution in [0.1, 0.15) is 38.1 Å². The maximum Gasteiger partial charge on any atom is 0.177 e. The van der Waals surface area contributed by atoms with Crippen LogP contribution in [0.2, 0.25) is 0 Å². The molecule has 0 atom stereocenters. The van der Waals surface area contributed by atoms with E-state index in [0.717, 1.165) is 5.82 Å². The number of Topliss-reactive ketones (excluding diaryl/α,β-unsaturated/α-hetero) is 1. The topological polar surface area (TPSA) is 45.8 Å². The zero-order valence-corrected chi connectivity index (χ0v) is 5.43. The highest BCUT2D eigenvalue weighted by molar-refractivity contribution is 5.91. The Labute approximate surface area is 67.9 Å². The molecule has 64 valence electrons. The standard InChI is InChI=1S/C6H8N2O.2CH4/c1-4(9)6-3-7-5(2)8-6;;/h3H,1-2H3,(H,7,8);2*1H4. The van der Waals surface area contributed by atoms with Crippen molar-refractivity contribution in [2.45, 2.75) is 28.7 Å². The maximum atomic E-state index is 10.6. The van der Waals surface area contributed by atoms with Gasteiger partial charge >= 0.3 is 0 Å². The molecule has 1 N–H and O–H groups in total. The average Bonchev–Trinajstić information content (AvgIpc) is 2.14. The van der Waals surface area contributed by atoms with Crippen LogP contribution in [-0.4, -0.2) is 15.8 Å². The van der Waals surface area contributed by atoms with Crippen LogP contribution >= 0.6 is 0 Å². The Morgan fingerprint density at radius 2 is 2.09 bits per heavy atom. The number of aromatic amines is 1. The van der Waals surface area contributed by atoms with Crippen LogP contribution < -0.4 is 0 Å². The number of hydrogen-bond donors (Lipinski definition) is 1. The van der Waals surface area contributed by atoms with Gasteiger partial charge in [0.05, 0.1) is 6.20 Å². The molecule has 1 rings (SSSR count). The Kier molecular flexibility index (Phi) is 5.31. The number of imidazole rings is 1. The Hall–Kier alpha value is -1.12. The van der Waals surface area contributed by atoms with Gasteiger partial charge in [0.2, 0.25) is 0 Å². The number of carbonyl (C=O) groups excluding carboxylic acids is 1. The lowest BCUT2D eigenvalue weighted by Gasteiger charge is -1.82. The van der Waals surface area contributed by atoms with Gasteiger partial charge in [0.15, 0.2) is 5.78 Å². The summed E-state index contributed by atoms with van der Waals surface area (Å²) in [4.78, 5) is 17.3. The molecule has 0 saturated carbocycles. The summed E-state index contributed by atoms with van der Waals surface area (Å²) in [7, 11) is 0. The Bertz CT molecular complexity index is 228. The van der Waals surface area contributed by atoms with Gasteiger partial charge in [0.1, 0.15) is 11.5 Å². The summed E-state index contributed by atoms with van der Waals surface area (Å²) in [6, 6.07) is 0. The van der Waals surface area contributed by atoms with Crippen LogP contribution in [0.5, 0.6) is 0 Å². The van der Waals surface area contributed by atoms with Gasteiger partial charge in [-0.05, 0) is 6.92 Å². The largest absolute Gasteiger partial charge is 0.340 e. The van der Waals surface area contributed by atoms with E-state index >= 15 is 0 Å². The second-order valence-electron chi connectivity index (χ2n) is 1.94. The predicted octanol–water partition coefficient (Wildman–Crippen LogP) is 2.19. The van der Waals surface area contributed by atoms with E-state index in [2.05, 4.69) is 9.97 Å². The molecule has 0 aromatic carbocycles. The highest BCUT2D eigenvalue weighted by Crippen LogP contribution is 1.94. The van der Waals surface area contributed by atoms with Gasteiger partial charge in [-0.1, -0.05) is 14.9 Å². The third kappa shape index (κ3) is 2.98. The van der Waals surface area contributed by atoms with Crippen molar-refractivity contribution in [1.82, 2.24) is 9.97 Å². The fourth-order valence-electron chi connectivity index (χ4n) is 0.600. The van der Waals surface area contributed by atoms with Crippen molar-refractivity contribution in [2.75, 3.05) is 0 Å². The first-order valence-corrected chi connectivity index (χ1v) is 2.72. The van der Waals surface area contributed by atoms with Crippen molar-refractivity contribution in [3.63, 3.8) is 0 Å². The molecule has 0 amide bonds. The molecule has 0 aliphatic heterocycles. The molecule has 0 saturated heterocycles. The first-order chi connectivity index (χ1) is 4.20. The van der Waals surface area contributed by atoms with E-state index in [-0.39, 0.29) is 20.6 Å². The smallest absolute Gasteiger partial charge is 0.177 e. The molecule has 1 aromatic rings. The van der Waals surface area contributed by atoms with E-state index in [1.54, 1.807) is 0 Å². The molecule has 11 heavy (non-hydrogen) atoms. The second kappa shape index (κ2) is 4.66. The van der Waals surface area contributed by atoms with E-state index in [9.17, 15) is 4.79 Å². The monoisotopic (exact) mass is 156 g/mol. The van der Waals surface area contributed by atoms with Crippen molar-refractivity contribution < 1.29 is 4.79 Å². The van der Waals surface area contributed by atoms with Crippen molar-refractivity contribution >= 4 is 5.78 Å². The summed E-state index contributed by atoms with van der Waals surface area (Å²) in [5.41, 5.74) is 0.576.